The van der Waals surface area contributed by atoms with Gasteiger partial charge in [0, 0.05) is 11.6 Å². The normalized spacial score (nSPS) is 12.8. The molecule has 0 aliphatic carbocycles. The number of carbonyl (C=O) groups is 2. The topological polar surface area (TPSA) is 63.4 Å². The fraction of sp³-hybridized carbons (Fsp3) is 0.130. The highest BCUT2D eigenvalue weighted by Gasteiger charge is 2.35. The van der Waals surface area contributed by atoms with Crippen LogP contribution in [-0.2, 0) is 4.79 Å². The molecule has 0 saturated heterocycles. The summed E-state index contributed by atoms with van der Waals surface area (Å²) in [6, 6.07) is 13.8. The molecule has 0 saturated carbocycles. The predicted octanol–water partition coefficient (Wildman–Crippen LogP) is 4.53. The van der Waals surface area contributed by atoms with Crippen LogP contribution < -0.4 is 5.73 Å². The van der Waals surface area contributed by atoms with Gasteiger partial charge >= 0.3 is 0 Å². The lowest BCUT2D eigenvalue weighted by atomic mass is 9.97. The quantitative estimate of drug-likeness (QED) is 0.646. The van der Waals surface area contributed by atoms with Crippen molar-refractivity contribution in [1.82, 2.24) is 4.90 Å². The maximum Gasteiger partial charge on any atom is 0.255 e. The fourth-order valence-electron chi connectivity index (χ4n) is 3.37. The summed E-state index contributed by atoms with van der Waals surface area (Å²) in [7, 11) is 0. The molecule has 7 heteroatoms. The summed E-state index contributed by atoms with van der Waals surface area (Å²) >= 11 is 0. The Morgan fingerprint density at radius 3 is 1.97 bits per heavy atom. The van der Waals surface area contributed by atoms with E-state index in [2.05, 4.69) is 0 Å². The number of benzene rings is 3. The van der Waals surface area contributed by atoms with E-state index in [1.807, 2.05) is 0 Å². The molecule has 4 nitrogen and oxygen atoms in total. The number of rotatable bonds is 6. The molecule has 154 valence electrons. The monoisotopic (exact) mass is 412 g/mol. The zero-order chi connectivity index (χ0) is 21.8. The number of nitrogens with zero attached hydrogens (tertiary/aromatic N) is 1. The fourth-order valence-corrected chi connectivity index (χ4v) is 3.37. The molecule has 0 aliphatic rings. The number of nitrogens with two attached hydrogens (primary N) is 1. The van der Waals surface area contributed by atoms with Crippen LogP contribution in [-0.4, -0.2) is 16.7 Å². The first-order valence-electron chi connectivity index (χ1n) is 9.16. The van der Waals surface area contributed by atoms with E-state index in [4.69, 9.17) is 5.73 Å². The van der Waals surface area contributed by atoms with Crippen molar-refractivity contribution in [1.29, 1.82) is 0 Å². The van der Waals surface area contributed by atoms with Gasteiger partial charge < -0.3 is 10.6 Å². The molecule has 0 aromatic heterocycles. The van der Waals surface area contributed by atoms with Crippen molar-refractivity contribution < 1.29 is 22.8 Å². The summed E-state index contributed by atoms with van der Waals surface area (Å²) in [5.74, 6) is -3.93. The van der Waals surface area contributed by atoms with Crippen LogP contribution in [0, 0.1) is 17.5 Å². The minimum atomic E-state index is -1.49. The van der Waals surface area contributed by atoms with Gasteiger partial charge in [-0.3, -0.25) is 9.59 Å². The lowest BCUT2D eigenvalue weighted by molar-refractivity contribution is -0.123. The van der Waals surface area contributed by atoms with Crippen molar-refractivity contribution in [3.05, 3.63) is 107 Å². The van der Waals surface area contributed by atoms with Crippen LogP contribution in [0.2, 0.25) is 0 Å². The average Bonchev–Trinajstić information content (AvgIpc) is 2.70. The van der Waals surface area contributed by atoms with Gasteiger partial charge in [-0.05, 0) is 54.4 Å². The third-order valence-electron chi connectivity index (χ3n) is 4.75. The Hall–Kier alpha value is -3.61. The Morgan fingerprint density at radius 1 is 0.800 bits per heavy atom. The molecule has 3 aromatic carbocycles. The van der Waals surface area contributed by atoms with Crippen LogP contribution >= 0.6 is 0 Å². The zero-order valence-electron chi connectivity index (χ0n) is 16.1. The van der Waals surface area contributed by atoms with Gasteiger partial charge in [-0.15, -0.1) is 0 Å². The molecule has 30 heavy (non-hydrogen) atoms. The van der Waals surface area contributed by atoms with E-state index in [1.54, 1.807) is 31.2 Å². The number of primary amides is 1. The van der Waals surface area contributed by atoms with Crippen LogP contribution in [0.5, 0.6) is 0 Å². The van der Waals surface area contributed by atoms with E-state index in [-0.39, 0.29) is 11.1 Å². The van der Waals surface area contributed by atoms with Crippen molar-refractivity contribution >= 4 is 11.8 Å². The van der Waals surface area contributed by atoms with Gasteiger partial charge in [0.25, 0.3) is 5.91 Å². The van der Waals surface area contributed by atoms with Crippen LogP contribution in [0.1, 0.15) is 40.5 Å². The molecule has 0 fully saturated rings. The van der Waals surface area contributed by atoms with E-state index in [9.17, 15) is 22.8 Å². The van der Waals surface area contributed by atoms with Crippen molar-refractivity contribution in [2.24, 2.45) is 5.73 Å². The van der Waals surface area contributed by atoms with Gasteiger partial charge in [0.05, 0.1) is 6.04 Å². The van der Waals surface area contributed by atoms with Gasteiger partial charge in [-0.1, -0.05) is 30.3 Å². The van der Waals surface area contributed by atoms with E-state index in [0.717, 1.165) is 17.0 Å². The molecule has 2 amide bonds. The first-order valence-corrected chi connectivity index (χ1v) is 9.16. The molecular formula is C23H19F3N2O2. The van der Waals surface area contributed by atoms with Crippen LogP contribution in [0.4, 0.5) is 13.2 Å². The standard InChI is InChI=1S/C23H19F3N2O2/c1-14(16-8-5-9-18(24)10-16)28(23(30)15-6-3-2-4-7-15)21(22(27)29)17-11-19(25)13-20(26)12-17/h2-14,21H,1H3,(H2,27,29)/t14-,21-/m1/s1. The second-order valence-electron chi connectivity index (χ2n) is 6.82. The van der Waals surface area contributed by atoms with Gasteiger partial charge in [0.2, 0.25) is 5.91 Å². The molecule has 3 aromatic rings. The summed E-state index contributed by atoms with van der Waals surface area (Å²) < 4.78 is 41.6. The smallest absolute Gasteiger partial charge is 0.255 e. The van der Waals surface area contributed by atoms with E-state index < -0.39 is 41.3 Å². The summed E-state index contributed by atoms with van der Waals surface area (Å²) in [4.78, 5) is 26.9. The zero-order valence-corrected chi connectivity index (χ0v) is 16.1. The first-order chi connectivity index (χ1) is 14.3. The highest BCUT2D eigenvalue weighted by Crippen LogP contribution is 2.33. The molecule has 0 unspecified atom stereocenters. The van der Waals surface area contributed by atoms with E-state index in [1.165, 1.54) is 30.3 Å². The molecule has 2 atom stereocenters. The summed E-state index contributed by atoms with van der Waals surface area (Å²) in [5.41, 5.74) is 6.09. The third kappa shape index (κ3) is 4.51. The molecule has 0 bridgehead atoms. The number of halogens is 3. The summed E-state index contributed by atoms with van der Waals surface area (Å²) in [5, 5.41) is 0. The third-order valence-corrected chi connectivity index (χ3v) is 4.75. The molecule has 0 spiro atoms. The lowest BCUT2D eigenvalue weighted by Crippen LogP contribution is -2.43. The lowest BCUT2D eigenvalue weighted by Gasteiger charge is -2.35. The second-order valence-corrected chi connectivity index (χ2v) is 6.82. The summed E-state index contributed by atoms with van der Waals surface area (Å²) in [6.07, 6.45) is 0. The van der Waals surface area contributed by atoms with Gasteiger partial charge in [-0.2, -0.15) is 0 Å². The Labute approximate surface area is 171 Å². The number of hydrogen-bond acceptors (Lipinski definition) is 2. The molecule has 2 N–H and O–H groups in total. The predicted molar refractivity (Wildman–Crippen MR) is 106 cm³/mol. The minimum Gasteiger partial charge on any atom is -0.368 e. The highest BCUT2D eigenvalue weighted by molar-refractivity contribution is 5.98. The SMILES string of the molecule is C[C@H](c1cccc(F)c1)N(C(=O)c1ccccc1)[C@@H](C(N)=O)c1cc(F)cc(F)c1. The molecule has 0 radical (unpaired) electrons. The molecule has 0 heterocycles. The number of carbonyl (C=O) groups excluding carboxylic acids is 2. The average molecular weight is 412 g/mol. The van der Waals surface area contributed by atoms with Crippen LogP contribution in [0.15, 0.2) is 72.8 Å². The Morgan fingerprint density at radius 2 is 1.40 bits per heavy atom. The van der Waals surface area contributed by atoms with Crippen molar-refractivity contribution in [2.45, 2.75) is 19.0 Å². The highest BCUT2D eigenvalue weighted by atomic mass is 19.1. The molecule has 3 rings (SSSR count). The van der Waals surface area contributed by atoms with Crippen molar-refractivity contribution in [3.63, 3.8) is 0 Å². The van der Waals surface area contributed by atoms with Crippen LogP contribution in [0.3, 0.4) is 0 Å². The van der Waals surface area contributed by atoms with Gasteiger partial charge in [0.15, 0.2) is 0 Å². The molecular weight excluding hydrogens is 393 g/mol. The van der Waals surface area contributed by atoms with Gasteiger partial charge in [-0.25, -0.2) is 13.2 Å². The largest absolute Gasteiger partial charge is 0.368 e. The first kappa shape index (κ1) is 21.1. The van der Waals surface area contributed by atoms with Crippen molar-refractivity contribution in [2.75, 3.05) is 0 Å². The Bertz CT molecular complexity index is 1050. The van der Waals surface area contributed by atoms with Crippen molar-refractivity contribution in [3.8, 4) is 0 Å². The van der Waals surface area contributed by atoms with E-state index >= 15 is 0 Å². The number of amides is 2. The second kappa shape index (κ2) is 8.82. The number of hydrogen-bond donors (Lipinski definition) is 1. The Balaban J connectivity index is 2.17. The summed E-state index contributed by atoms with van der Waals surface area (Å²) in [6.45, 7) is 1.58. The maximum absolute atomic E-state index is 13.9. The maximum atomic E-state index is 13.9. The van der Waals surface area contributed by atoms with Crippen LogP contribution in [0.25, 0.3) is 0 Å². The molecule has 0 aliphatic heterocycles. The minimum absolute atomic E-state index is 0.118. The van der Waals surface area contributed by atoms with E-state index in [0.29, 0.717) is 11.6 Å². The van der Waals surface area contributed by atoms with Gasteiger partial charge in [0.1, 0.15) is 23.5 Å². The Kier molecular flexibility index (Phi) is 6.20.